The molecule has 0 aromatic heterocycles. The second-order valence-corrected chi connectivity index (χ2v) is 4.27. The van der Waals surface area contributed by atoms with Crippen molar-refractivity contribution in [2.24, 2.45) is 0 Å². The third kappa shape index (κ3) is 2.46. The van der Waals surface area contributed by atoms with E-state index in [0.717, 1.165) is 6.04 Å². The second kappa shape index (κ2) is 4.24. The van der Waals surface area contributed by atoms with Crippen LogP contribution in [0.15, 0.2) is 0 Å². The van der Waals surface area contributed by atoms with Crippen molar-refractivity contribution in [2.45, 2.75) is 39.3 Å². The molecule has 0 N–H and O–H groups in total. The van der Waals surface area contributed by atoms with Crippen molar-refractivity contribution in [3.63, 3.8) is 0 Å². The minimum Gasteiger partial charge on any atom is -0.305 e. The highest BCUT2D eigenvalue weighted by Crippen LogP contribution is 2.12. The van der Waals surface area contributed by atoms with Crippen molar-refractivity contribution >= 4 is 0 Å². The Hall–Kier alpha value is -0.0800. The fourth-order valence-electron chi connectivity index (χ4n) is 1.96. The van der Waals surface area contributed by atoms with Crippen molar-refractivity contribution < 1.29 is 0 Å². The van der Waals surface area contributed by atoms with Gasteiger partial charge in [0.25, 0.3) is 0 Å². The van der Waals surface area contributed by atoms with Gasteiger partial charge in [0, 0.05) is 25.2 Å². The maximum absolute atomic E-state index is 2.60. The average Bonchev–Trinajstić information content (AvgIpc) is 2.14. The summed E-state index contributed by atoms with van der Waals surface area (Å²) in [6.45, 7) is 10.6. The summed E-state index contributed by atoms with van der Waals surface area (Å²) in [4.78, 5) is 5.03. The molecule has 0 aliphatic carbocycles. The maximum Gasteiger partial charge on any atom is 0.0115 e. The summed E-state index contributed by atoms with van der Waals surface area (Å²) in [5.74, 6) is 0. The van der Waals surface area contributed by atoms with Gasteiger partial charge in [0.05, 0.1) is 0 Å². The van der Waals surface area contributed by atoms with Gasteiger partial charge in [-0.3, -0.25) is 4.90 Å². The molecule has 0 unspecified atom stereocenters. The molecule has 2 nitrogen and oxygen atoms in total. The predicted octanol–water partition coefficient (Wildman–Crippen LogP) is 1.42. The van der Waals surface area contributed by atoms with Gasteiger partial charge in [-0.05, 0) is 40.8 Å². The lowest BCUT2D eigenvalue weighted by Gasteiger charge is -2.30. The van der Waals surface area contributed by atoms with E-state index in [1.165, 1.54) is 26.1 Å². The lowest BCUT2D eigenvalue weighted by atomic mass is 10.2. The summed E-state index contributed by atoms with van der Waals surface area (Å²) >= 11 is 0. The molecule has 1 fully saturated rings. The molecule has 12 heavy (non-hydrogen) atoms. The van der Waals surface area contributed by atoms with Gasteiger partial charge in [-0.1, -0.05) is 0 Å². The van der Waals surface area contributed by atoms with Gasteiger partial charge in [0.1, 0.15) is 0 Å². The van der Waals surface area contributed by atoms with Crippen LogP contribution < -0.4 is 0 Å². The quantitative estimate of drug-likeness (QED) is 0.587. The molecule has 1 aliphatic heterocycles. The van der Waals surface area contributed by atoms with Crippen molar-refractivity contribution in [1.29, 1.82) is 0 Å². The monoisotopic (exact) mass is 170 g/mol. The Morgan fingerprint density at radius 1 is 1.17 bits per heavy atom. The highest BCUT2D eigenvalue weighted by Gasteiger charge is 2.20. The summed E-state index contributed by atoms with van der Waals surface area (Å²) < 4.78 is 0. The van der Waals surface area contributed by atoms with Gasteiger partial charge in [0.2, 0.25) is 0 Å². The largest absolute Gasteiger partial charge is 0.305 e. The van der Waals surface area contributed by atoms with E-state index >= 15 is 0 Å². The number of nitrogens with zero attached hydrogens (tertiary/aromatic N) is 2. The van der Waals surface area contributed by atoms with Crippen LogP contribution in [0.4, 0.5) is 0 Å². The summed E-state index contributed by atoms with van der Waals surface area (Å²) in [5.41, 5.74) is 0. The van der Waals surface area contributed by atoms with Crippen LogP contribution in [0.5, 0.6) is 0 Å². The van der Waals surface area contributed by atoms with Crippen molar-refractivity contribution in [3.05, 3.63) is 0 Å². The van der Waals surface area contributed by atoms with Crippen LogP contribution in [0.25, 0.3) is 0 Å². The first-order valence-electron chi connectivity index (χ1n) is 5.05. The molecule has 1 rings (SSSR count). The Morgan fingerprint density at radius 2 is 1.83 bits per heavy atom. The highest BCUT2D eigenvalue weighted by molar-refractivity contribution is 4.76. The highest BCUT2D eigenvalue weighted by atomic mass is 15.2. The third-order valence-corrected chi connectivity index (χ3v) is 2.90. The van der Waals surface area contributed by atoms with Gasteiger partial charge < -0.3 is 4.90 Å². The zero-order valence-electron chi connectivity index (χ0n) is 8.88. The number of likely N-dealkylation sites (N-methyl/N-ethyl adjacent to an activating group) is 1. The van der Waals surface area contributed by atoms with E-state index in [-0.39, 0.29) is 0 Å². The predicted molar refractivity (Wildman–Crippen MR) is 53.4 cm³/mol. The van der Waals surface area contributed by atoms with Gasteiger partial charge >= 0.3 is 0 Å². The van der Waals surface area contributed by atoms with Crippen LogP contribution in [0, 0.1) is 0 Å². The minimum atomic E-state index is 0.700. The first kappa shape index (κ1) is 10.0. The topological polar surface area (TPSA) is 6.48 Å². The standard InChI is InChI=1S/C10H22N2/c1-9(2)12-8-7-11(4)6-5-10(12)3/h9-10H,5-8H2,1-4H3/t10-/m1/s1. The smallest absolute Gasteiger partial charge is 0.0115 e. The average molecular weight is 170 g/mol. The fraction of sp³-hybridized carbons (Fsp3) is 1.00. The molecule has 0 aromatic carbocycles. The van der Waals surface area contributed by atoms with Crippen LogP contribution in [-0.4, -0.2) is 48.6 Å². The van der Waals surface area contributed by atoms with E-state index < -0.39 is 0 Å². The van der Waals surface area contributed by atoms with Gasteiger partial charge in [-0.15, -0.1) is 0 Å². The minimum absolute atomic E-state index is 0.700. The van der Waals surface area contributed by atoms with Crippen molar-refractivity contribution in [1.82, 2.24) is 9.80 Å². The molecular formula is C10H22N2. The first-order valence-corrected chi connectivity index (χ1v) is 5.05. The zero-order valence-corrected chi connectivity index (χ0v) is 8.88. The first-order chi connectivity index (χ1) is 5.61. The van der Waals surface area contributed by atoms with E-state index in [1.54, 1.807) is 0 Å². The molecule has 0 aromatic rings. The van der Waals surface area contributed by atoms with Crippen LogP contribution in [0.1, 0.15) is 27.2 Å². The number of hydrogen-bond acceptors (Lipinski definition) is 2. The van der Waals surface area contributed by atoms with Crippen LogP contribution in [0.3, 0.4) is 0 Å². The lowest BCUT2D eigenvalue weighted by Crippen LogP contribution is -2.39. The summed E-state index contributed by atoms with van der Waals surface area (Å²) in [6.07, 6.45) is 1.31. The molecule has 0 bridgehead atoms. The molecular weight excluding hydrogens is 148 g/mol. The van der Waals surface area contributed by atoms with Gasteiger partial charge in [0.15, 0.2) is 0 Å². The number of rotatable bonds is 1. The molecule has 72 valence electrons. The summed E-state index contributed by atoms with van der Waals surface area (Å²) in [7, 11) is 2.22. The molecule has 0 radical (unpaired) electrons. The van der Waals surface area contributed by atoms with Crippen LogP contribution in [0.2, 0.25) is 0 Å². The van der Waals surface area contributed by atoms with Crippen molar-refractivity contribution in [2.75, 3.05) is 26.7 Å². The van der Waals surface area contributed by atoms with Crippen LogP contribution in [-0.2, 0) is 0 Å². The Kier molecular flexibility index (Phi) is 3.53. The van der Waals surface area contributed by atoms with E-state index in [9.17, 15) is 0 Å². The Labute approximate surface area is 76.5 Å². The fourth-order valence-corrected chi connectivity index (χ4v) is 1.96. The van der Waals surface area contributed by atoms with Crippen molar-refractivity contribution in [3.8, 4) is 0 Å². The van der Waals surface area contributed by atoms with Crippen LogP contribution >= 0.6 is 0 Å². The molecule has 0 amide bonds. The normalized spacial score (nSPS) is 29.2. The molecule has 0 saturated carbocycles. The van der Waals surface area contributed by atoms with E-state index in [0.29, 0.717) is 6.04 Å². The molecule has 1 heterocycles. The van der Waals surface area contributed by atoms with Gasteiger partial charge in [-0.2, -0.15) is 0 Å². The zero-order chi connectivity index (χ0) is 9.14. The van der Waals surface area contributed by atoms with E-state index in [2.05, 4.69) is 37.6 Å². The molecule has 0 spiro atoms. The van der Waals surface area contributed by atoms with E-state index in [1.807, 2.05) is 0 Å². The molecule has 1 aliphatic rings. The maximum atomic E-state index is 2.60. The SMILES string of the molecule is CC(C)N1CCN(C)CC[C@H]1C. The molecule has 2 heteroatoms. The van der Waals surface area contributed by atoms with Gasteiger partial charge in [-0.25, -0.2) is 0 Å². The Morgan fingerprint density at radius 3 is 2.42 bits per heavy atom. The lowest BCUT2D eigenvalue weighted by molar-refractivity contribution is 0.171. The summed E-state index contributed by atoms with van der Waals surface area (Å²) in [6, 6.07) is 1.46. The molecule has 1 saturated heterocycles. The number of hydrogen-bond donors (Lipinski definition) is 0. The third-order valence-electron chi connectivity index (χ3n) is 2.90. The Balaban J connectivity index is 2.50. The van der Waals surface area contributed by atoms with E-state index in [4.69, 9.17) is 0 Å². The molecule has 1 atom stereocenters. The summed E-state index contributed by atoms with van der Waals surface area (Å²) in [5, 5.41) is 0. The Bertz CT molecular complexity index is 134. The second-order valence-electron chi connectivity index (χ2n) is 4.27.